The molecule has 1 unspecified atom stereocenters. The van der Waals surface area contributed by atoms with E-state index in [9.17, 15) is 4.79 Å². The van der Waals surface area contributed by atoms with E-state index in [1.54, 1.807) is 0 Å². The minimum atomic E-state index is -0.0245. The molecule has 0 spiro atoms. The van der Waals surface area contributed by atoms with Crippen LogP contribution in [0.2, 0.25) is 0 Å². The van der Waals surface area contributed by atoms with Crippen molar-refractivity contribution in [1.29, 1.82) is 0 Å². The monoisotopic (exact) mass is 335 g/mol. The molecule has 0 saturated heterocycles. The van der Waals surface area contributed by atoms with E-state index in [0.717, 1.165) is 37.3 Å². The molecule has 2 aliphatic rings. The number of rotatable bonds is 5. The second-order valence-electron chi connectivity index (χ2n) is 6.26. The fourth-order valence-electron chi connectivity index (χ4n) is 3.61. The third kappa shape index (κ3) is 4.71. The van der Waals surface area contributed by atoms with Crippen molar-refractivity contribution in [1.82, 2.24) is 10.6 Å². The lowest BCUT2D eigenvalue weighted by atomic mass is 9.76. The van der Waals surface area contributed by atoms with Crippen LogP contribution in [0.1, 0.15) is 43.6 Å². The largest absolute Gasteiger partial charge is 0.370 e. The fraction of sp³-hybridized carbons (Fsp3) is 0.556. The first kappa shape index (κ1) is 17.8. The maximum atomic E-state index is 12.8. The van der Waals surface area contributed by atoms with Crippen LogP contribution < -0.4 is 10.6 Å². The summed E-state index contributed by atoms with van der Waals surface area (Å²) >= 11 is 0. The van der Waals surface area contributed by atoms with Crippen molar-refractivity contribution >= 4 is 24.1 Å². The molecule has 0 bridgehead atoms. The minimum absolute atomic E-state index is 0. The number of benzene rings is 1. The van der Waals surface area contributed by atoms with Gasteiger partial charge in [0.2, 0.25) is 5.91 Å². The number of aliphatic imine (C=N–C) groups is 1. The van der Waals surface area contributed by atoms with Crippen LogP contribution in [0, 0.1) is 5.92 Å². The van der Waals surface area contributed by atoms with E-state index in [0.29, 0.717) is 12.5 Å². The lowest BCUT2D eigenvalue weighted by Crippen LogP contribution is -2.39. The fourth-order valence-corrected chi connectivity index (χ4v) is 3.61. The summed E-state index contributed by atoms with van der Waals surface area (Å²) in [6.45, 7) is 2.22. The molecule has 1 aromatic rings. The van der Waals surface area contributed by atoms with Crippen molar-refractivity contribution < 1.29 is 4.79 Å². The van der Waals surface area contributed by atoms with E-state index < -0.39 is 0 Å². The van der Waals surface area contributed by atoms with Crippen molar-refractivity contribution in [2.75, 3.05) is 19.6 Å². The molecule has 3 rings (SSSR count). The highest BCUT2D eigenvalue weighted by Gasteiger charge is 2.30. The molecular weight excluding hydrogens is 310 g/mol. The molecule has 0 aromatic heterocycles. The summed E-state index contributed by atoms with van der Waals surface area (Å²) in [5.74, 6) is 1.50. The molecule has 5 heteroatoms. The van der Waals surface area contributed by atoms with E-state index in [2.05, 4.69) is 27.8 Å². The van der Waals surface area contributed by atoms with Gasteiger partial charge in [-0.25, -0.2) is 0 Å². The summed E-state index contributed by atoms with van der Waals surface area (Å²) in [5, 5.41) is 6.29. The van der Waals surface area contributed by atoms with E-state index in [-0.39, 0.29) is 24.2 Å². The van der Waals surface area contributed by atoms with Crippen LogP contribution in [-0.2, 0) is 4.79 Å². The molecule has 1 heterocycles. The zero-order chi connectivity index (χ0) is 15.2. The predicted octanol–water partition coefficient (Wildman–Crippen LogP) is 2.89. The van der Waals surface area contributed by atoms with Gasteiger partial charge in [-0.05, 0) is 24.3 Å². The highest BCUT2D eigenvalue weighted by molar-refractivity contribution is 5.91. The van der Waals surface area contributed by atoms with Gasteiger partial charge in [0.25, 0.3) is 0 Å². The molecule has 126 valence electrons. The van der Waals surface area contributed by atoms with Gasteiger partial charge in [-0.15, -0.1) is 12.4 Å². The van der Waals surface area contributed by atoms with Gasteiger partial charge < -0.3 is 10.6 Å². The number of hydrogen-bond acceptors (Lipinski definition) is 3. The standard InChI is InChI=1S/C18H25N3O.ClH/c22-18(21-13-16-19-11-12-20-16)17(14-7-3-1-4-8-14)15-9-5-2-6-10-15;/h1,3-4,7-8,15,17H,2,5-6,9-13H2,(H,19,20)(H,21,22);1H. The zero-order valence-electron chi connectivity index (χ0n) is 13.5. The number of hydrogen-bond donors (Lipinski definition) is 2. The van der Waals surface area contributed by atoms with Gasteiger partial charge >= 0.3 is 0 Å². The zero-order valence-corrected chi connectivity index (χ0v) is 14.3. The average Bonchev–Trinajstić information content (AvgIpc) is 3.09. The lowest BCUT2D eigenvalue weighted by Gasteiger charge is -2.29. The minimum Gasteiger partial charge on any atom is -0.370 e. The first-order valence-electron chi connectivity index (χ1n) is 8.44. The molecule has 23 heavy (non-hydrogen) atoms. The SMILES string of the molecule is Cl.O=C(NCC1=NCCN1)C(c1ccccc1)C1CCCCC1. The third-order valence-corrected chi connectivity index (χ3v) is 4.74. The molecule has 1 aromatic carbocycles. The number of amidine groups is 1. The lowest BCUT2D eigenvalue weighted by molar-refractivity contribution is -0.123. The first-order valence-corrected chi connectivity index (χ1v) is 8.44. The van der Waals surface area contributed by atoms with Crippen molar-refractivity contribution in [3.63, 3.8) is 0 Å². The topological polar surface area (TPSA) is 53.5 Å². The number of halogens is 1. The van der Waals surface area contributed by atoms with Crippen LogP contribution in [0.15, 0.2) is 35.3 Å². The van der Waals surface area contributed by atoms with Gasteiger partial charge in [-0.1, -0.05) is 49.6 Å². The Hall–Kier alpha value is -1.55. The molecular formula is C18H26ClN3O. The Bertz CT molecular complexity index is 526. The second kappa shape index (κ2) is 8.92. The first-order chi connectivity index (χ1) is 10.8. The number of carbonyl (C=O) groups is 1. The maximum Gasteiger partial charge on any atom is 0.228 e. The second-order valence-corrected chi connectivity index (χ2v) is 6.26. The van der Waals surface area contributed by atoms with Crippen LogP contribution >= 0.6 is 12.4 Å². The van der Waals surface area contributed by atoms with Crippen LogP contribution in [-0.4, -0.2) is 31.4 Å². The van der Waals surface area contributed by atoms with Crippen LogP contribution in [0.25, 0.3) is 0 Å². The molecule has 0 radical (unpaired) electrons. The van der Waals surface area contributed by atoms with Gasteiger partial charge in [-0.3, -0.25) is 9.79 Å². The van der Waals surface area contributed by atoms with E-state index in [4.69, 9.17) is 0 Å². The highest BCUT2D eigenvalue weighted by Crippen LogP contribution is 2.36. The number of nitrogens with one attached hydrogen (secondary N) is 2. The molecule has 1 atom stereocenters. The summed E-state index contributed by atoms with van der Waals surface area (Å²) in [5.41, 5.74) is 1.15. The summed E-state index contributed by atoms with van der Waals surface area (Å²) in [6.07, 6.45) is 6.11. The van der Waals surface area contributed by atoms with Crippen molar-refractivity contribution in [3.05, 3.63) is 35.9 Å². The van der Waals surface area contributed by atoms with Crippen molar-refractivity contribution in [2.24, 2.45) is 10.9 Å². The Balaban J connectivity index is 0.00000192. The normalized spacial score (nSPS) is 19.2. The predicted molar refractivity (Wildman–Crippen MR) is 96.3 cm³/mol. The Labute approximate surface area is 144 Å². The smallest absolute Gasteiger partial charge is 0.228 e. The van der Waals surface area contributed by atoms with Gasteiger partial charge in [0.15, 0.2) is 0 Å². The third-order valence-electron chi connectivity index (χ3n) is 4.74. The Kier molecular flexibility index (Phi) is 6.90. The quantitative estimate of drug-likeness (QED) is 0.869. The molecule has 1 aliphatic heterocycles. The number of carbonyl (C=O) groups excluding carboxylic acids is 1. The summed E-state index contributed by atoms with van der Waals surface area (Å²) in [7, 11) is 0. The van der Waals surface area contributed by atoms with E-state index in [1.807, 2.05) is 18.2 Å². The van der Waals surface area contributed by atoms with Crippen LogP contribution in [0.4, 0.5) is 0 Å². The molecule has 2 N–H and O–H groups in total. The van der Waals surface area contributed by atoms with Crippen LogP contribution in [0.5, 0.6) is 0 Å². The van der Waals surface area contributed by atoms with Crippen LogP contribution in [0.3, 0.4) is 0 Å². The Morgan fingerprint density at radius 3 is 2.61 bits per heavy atom. The van der Waals surface area contributed by atoms with E-state index >= 15 is 0 Å². The van der Waals surface area contributed by atoms with Crippen molar-refractivity contribution in [2.45, 2.75) is 38.0 Å². The van der Waals surface area contributed by atoms with Gasteiger partial charge in [0, 0.05) is 6.54 Å². The Morgan fingerprint density at radius 1 is 1.22 bits per heavy atom. The summed E-state index contributed by atoms with van der Waals surface area (Å²) < 4.78 is 0. The molecule has 1 saturated carbocycles. The van der Waals surface area contributed by atoms with Gasteiger partial charge in [0.05, 0.1) is 19.0 Å². The maximum absolute atomic E-state index is 12.8. The number of amides is 1. The highest BCUT2D eigenvalue weighted by atomic mass is 35.5. The van der Waals surface area contributed by atoms with Crippen molar-refractivity contribution in [3.8, 4) is 0 Å². The van der Waals surface area contributed by atoms with E-state index in [1.165, 1.54) is 19.3 Å². The Morgan fingerprint density at radius 2 is 1.96 bits per heavy atom. The number of nitrogens with zero attached hydrogens (tertiary/aromatic N) is 1. The summed E-state index contributed by atoms with van der Waals surface area (Å²) in [6, 6.07) is 10.2. The molecule has 4 nitrogen and oxygen atoms in total. The van der Waals surface area contributed by atoms with Gasteiger partial charge in [-0.2, -0.15) is 0 Å². The average molecular weight is 336 g/mol. The molecule has 1 aliphatic carbocycles. The molecule has 1 fully saturated rings. The summed E-state index contributed by atoms with van der Waals surface area (Å²) in [4.78, 5) is 17.1. The van der Waals surface area contributed by atoms with Gasteiger partial charge in [0.1, 0.15) is 5.84 Å². The molecule has 1 amide bonds.